The maximum atomic E-state index is 14.4. The van der Waals surface area contributed by atoms with Gasteiger partial charge >= 0.3 is 0 Å². The van der Waals surface area contributed by atoms with Crippen LogP contribution in [-0.4, -0.2) is 22.6 Å². The van der Waals surface area contributed by atoms with Gasteiger partial charge in [-0.2, -0.15) is 0 Å². The van der Waals surface area contributed by atoms with E-state index in [2.05, 4.69) is 20.6 Å². The molecule has 0 aliphatic heterocycles. The summed E-state index contributed by atoms with van der Waals surface area (Å²) in [5.74, 6) is 1.18. The molecule has 6 nitrogen and oxygen atoms in total. The van der Waals surface area contributed by atoms with Gasteiger partial charge in [-0.25, -0.2) is 9.37 Å². The molecule has 7 heteroatoms. The molecule has 29 heavy (non-hydrogen) atoms. The number of halogens is 1. The molecule has 0 saturated heterocycles. The van der Waals surface area contributed by atoms with E-state index < -0.39 is 0 Å². The Bertz CT molecular complexity index is 1150. The highest BCUT2D eigenvalue weighted by Gasteiger charge is 2.11. The number of fused-ring (bicyclic) bond motifs is 1. The van der Waals surface area contributed by atoms with Crippen LogP contribution in [0, 0.1) is 12.7 Å². The first-order valence-corrected chi connectivity index (χ1v) is 9.34. The molecule has 0 unspecified atom stereocenters. The molecule has 0 bridgehead atoms. The van der Waals surface area contributed by atoms with E-state index in [1.807, 2.05) is 37.3 Å². The summed E-state index contributed by atoms with van der Waals surface area (Å²) in [6.45, 7) is 3.00. The van der Waals surface area contributed by atoms with E-state index in [0.29, 0.717) is 24.7 Å². The van der Waals surface area contributed by atoms with Crippen LogP contribution in [0.4, 0.5) is 4.39 Å². The van der Waals surface area contributed by atoms with Gasteiger partial charge in [0.05, 0.1) is 18.6 Å². The van der Waals surface area contributed by atoms with E-state index in [0.717, 1.165) is 27.9 Å². The van der Waals surface area contributed by atoms with Crippen molar-refractivity contribution < 1.29 is 8.81 Å². The van der Waals surface area contributed by atoms with Crippen LogP contribution < -0.4 is 10.6 Å². The van der Waals surface area contributed by atoms with Gasteiger partial charge < -0.3 is 19.6 Å². The van der Waals surface area contributed by atoms with Gasteiger partial charge in [0.25, 0.3) is 0 Å². The Morgan fingerprint density at radius 3 is 2.72 bits per heavy atom. The normalized spacial score (nSPS) is 11.8. The topological polar surface area (TPSA) is 67.4 Å². The minimum atomic E-state index is -0.303. The first-order chi connectivity index (χ1) is 14.2. The molecule has 148 valence electrons. The van der Waals surface area contributed by atoms with Gasteiger partial charge in [-0.15, -0.1) is 0 Å². The summed E-state index contributed by atoms with van der Waals surface area (Å²) >= 11 is 0. The Labute approximate surface area is 168 Å². The van der Waals surface area contributed by atoms with Gasteiger partial charge in [-0.3, -0.25) is 4.99 Å². The van der Waals surface area contributed by atoms with Crippen molar-refractivity contribution in [2.24, 2.45) is 4.99 Å². The molecule has 0 amide bonds. The quantitative estimate of drug-likeness (QED) is 0.400. The molecule has 0 atom stereocenters. The highest BCUT2D eigenvalue weighted by molar-refractivity contribution is 5.82. The highest BCUT2D eigenvalue weighted by Crippen LogP contribution is 2.24. The standard InChI is InChI=1S/C22H22FN5O/c1-15-17-5-3-4-6-20(17)29-21(15)13-27-22(24-2)26-12-16-7-8-19(18(23)11-16)28-10-9-25-14-28/h3-11,14H,12-13H2,1-2H3,(H2,24,26,27). The van der Waals surface area contributed by atoms with Crippen LogP contribution in [0.5, 0.6) is 0 Å². The molecule has 0 aliphatic rings. The average molecular weight is 391 g/mol. The number of rotatable bonds is 5. The second-order valence-electron chi connectivity index (χ2n) is 6.68. The zero-order valence-electron chi connectivity index (χ0n) is 16.3. The molecule has 4 rings (SSSR count). The maximum absolute atomic E-state index is 14.4. The molecule has 2 heterocycles. The molecule has 0 radical (unpaired) electrons. The van der Waals surface area contributed by atoms with Gasteiger partial charge in [-0.1, -0.05) is 24.3 Å². The van der Waals surface area contributed by atoms with E-state index in [4.69, 9.17) is 4.42 Å². The summed E-state index contributed by atoms with van der Waals surface area (Å²) in [5.41, 5.74) is 3.27. The maximum Gasteiger partial charge on any atom is 0.191 e. The minimum Gasteiger partial charge on any atom is -0.459 e. The monoisotopic (exact) mass is 391 g/mol. The lowest BCUT2D eigenvalue weighted by Gasteiger charge is -2.12. The number of benzene rings is 2. The first-order valence-electron chi connectivity index (χ1n) is 9.34. The van der Waals surface area contributed by atoms with E-state index >= 15 is 0 Å². The van der Waals surface area contributed by atoms with Crippen LogP contribution in [0.2, 0.25) is 0 Å². The van der Waals surface area contributed by atoms with E-state index in [1.54, 1.807) is 36.4 Å². The van der Waals surface area contributed by atoms with Crippen LogP contribution in [0.15, 0.2) is 70.6 Å². The molecule has 0 spiro atoms. The van der Waals surface area contributed by atoms with Crippen molar-refractivity contribution in [1.29, 1.82) is 0 Å². The second kappa shape index (κ2) is 8.18. The van der Waals surface area contributed by atoms with Crippen molar-refractivity contribution in [3.63, 3.8) is 0 Å². The zero-order chi connectivity index (χ0) is 20.2. The molecule has 0 aliphatic carbocycles. The van der Waals surface area contributed by atoms with Gasteiger partial charge in [0.1, 0.15) is 17.2 Å². The summed E-state index contributed by atoms with van der Waals surface area (Å²) in [4.78, 5) is 8.18. The number of guanidine groups is 1. The number of nitrogens with one attached hydrogen (secondary N) is 2. The third-order valence-electron chi connectivity index (χ3n) is 4.84. The molecular weight excluding hydrogens is 369 g/mol. The predicted molar refractivity (Wildman–Crippen MR) is 112 cm³/mol. The molecule has 2 N–H and O–H groups in total. The van der Waals surface area contributed by atoms with E-state index in [1.165, 1.54) is 6.07 Å². The van der Waals surface area contributed by atoms with Crippen LogP contribution in [-0.2, 0) is 13.1 Å². The molecule has 2 aromatic carbocycles. The van der Waals surface area contributed by atoms with Crippen molar-refractivity contribution in [2.75, 3.05) is 7.05 Å². The lowest BCUT2D eigenvalue weighted by Crippen LogP contribution is -2.36. The van der Waals surface area contributed by atoms with E-state index in [9.17, 15) is 4.39 Å². The number of para-hydroxylation sites is 1. The Morgan fingerprint density at radius 2 is 2.00 bits per heavy atom. The second-order valence-corrected chi connectivity index (χ2v) is 6.68. The Balaban J connectivity index is 1.38. The van der Waals surface area contributed by atoms with Gasteiger partial charge in [0, 0.05) is 36.9 Å². The van der Waals surface area contributed by atoms with Crippen molar-refractivity contribution >= 4 is 16.9 Å². The molecule has 0 fully saturated rings. The van der Waals surface area contributed by atoms with Crippen molar-refractivity contribution in [3.8, 4) is 5.69 Å². The summed E-state index contributed by atoms with van der Waals surface area (Å²) in [6.07, 6.45) is 4.90. The van der Waals surface area contributed by atoms with Crippen molar-refractivity contribution in [2.45, 2.75) is 20.0 Å². The Kier molecular flexibility index (Phi) is 5.29. The number of imidazole rings is 1. The number of aromatic nitrogens is 2. The number of hydrogen-bond acceptors (Lipinski definition) is 3. The number of aliphatic imine (C=N–C) groups is 1. The zero-order valence-corrected chi connectivity index (χ0v) is 16.3. The third-order valence-corrected chi connectivity index (χ3v) is 4.84. The Morgan fingerprint density at radius 1 is 1.17 bits per heavy atom. The fourth-order valence-electron chi connectivity index (χ4n) is 3.24. The van der Waals surface area contributed by atoms with Gasteiger partial charge in [0.2, 0.25) is 0 Å². The third kappa shape index (κ3) is 3.99. The minimum absolute atomic E-state index is 0.303. The fourth-order valence-corrected chi connectivity index (χ4v) is 3.24. The molecule has 4 aromatic rings. The molecule has 0 saturated carbocycles. The Hall–Kier alpha value is -3.61. The average Bonchev–Trinajstić information content (AvgIpc) is 3.37. The number of aryl methyl sites for hydroxylation is 1. The lowest BCUT2D eigenvalue weighted by atomic mass is 10.1. The van der Waals surface area contributed by atoms with Crippen molar-refractivity contribution in [3.05, 3.63) is 83.9 Å². The summed E-state index contributed by atoms with van der Waals surface area (Å²) < 4.78 is 22.0. The smallest absolute Gasteiger partial charge is 0.191 e. The van der Waals surface area contributed by atoms with Crippen LogP contribution in [0.25, 0.3) is 16.7 Å². The van der Waals surface area contributed by atoms with Gasteiger partial charge in [-0.05, 0) is 30.7 Å². The van der Waals surface area contributed by atoms with Crippen LogP contribution in [0.3, 0.4) is 0 Å². The summed E-state index contributed by atoms with van der Waals surface area (Å²) in [5, 5.41) is 7.56. The lowest BCUT2D eigenvalue weighted by molar-refractivity contribution is 0.534. The van der Waals surface area contributed by atoms with E-state index in [-0.39, 0.29) is 5.82 Å². The largest absolute Gasteiger partial charge is 0.459 e. The van der Waals surface area contributed by atoms with Gasteiger partial charge in [0.15, 0.2) is 5.96 Å². The molecular formula is C22H22FN5O. The summed E-state index contributed by atoms with van der Waals surface area (Å²) in [7, 11) is 1.70. The highest BCUT2D eigenvalue weighted by atomic mass is 19.1. The predicted octanol–water partition coefficient (Wildman–Crippen LogP) is 3.93. The summed E-state index contributed by atoms with van der Waals surface area (Å²) in [6, 6.07) is 13.1. The fraction of sp³-hybridized carbons (Fsp3) is 0.182. The van der Waals surface area contributed by atoms with Crippen LogP contribution in [0.1, 0.15) is 16.9 Å². The number of hydrogen-bond donors (Lipinski definition) is 2. The van der Waals surface area contributed by atoms with Crippen LogP contribution >= 0.6 is 0 Å². The SMILES string of the molecule is CN=C(NCc1ccc(-n2ccnc2)c(F)c1)NCc1oc2ccccc2c1C. The molecule has 2 aromatic heterocycles. The van der Waals surface area contributed by atoms with Crippen molar-refractivity contribution in [1.82, 2.24) is 20.2 Å². The number of nitrogens with zero attached hydrogens (tertiary/aromatic N) is 3. The number of furan rings is 1. The first kappa shape index (κ1) is 18.7.